The Labute approximate surface area is 189 Å². The van der Waals surface area contributed by atoms with E-state index in [0.717, 1.165) is 10.8 Å². The predicted octanol–water partition coefficient (Wildman–Crippen LogP) is 3.34. The molecule has 0 aliphatic rings. The standard InChI is InChI=1S/C25H30N2O4S/c1-17(27-32(30,31)21-15-14-18-10-8-9-11-19(18)16-21)25(29,20-12-6-5-7-13-20)23(28)22(26)24(2,3)4/h5-17,22,27,29H,26H2,1-4H3/t17-,22+,25?/m0/s1. The first-order valence-corrected chi connectivity index (χ1v) is 11.9. The lowest BCUT2D eigenvalue weighted by Crippen LogP contribution is -2.60. The van der Waals surface area contributed by atoms with Gasteiger partial charge in [0.25, 0.3) is 0 Å². The lowest BCUT2D eigenvalue weighted by Gasteiger charge is -2.38. The first-order valence-electron chi connectivity index (χ1n) is 10.5. The highest BCUT2D eigenvalue weighted by Gasteiger charge is 2.49. The second-order valence-corrected chi connectivity index (χ2v) is 10.9. The topological polar surface area (TPSA) is 109 Å². The number of fused-ring (bicyclic) bond motifs is 1. The summed E-state index contributed by atoms with van der Waals surface area (Å²) in [5.41, 5.74) is 3.70. The van der Waals surface area contributed by atoms with Crippen LogP contribution in [0, 0.1) is 5.41 Å². The van der Waals surface area contributed by atoms with Crippen molar-refractivity contribution in [1.29, 1.82) is 0 Å². The largest absolute Gasteiger partial charge is 0.376 e. The Balaban J connectivity index is 2.02. The van der Waals surface area contributed by atoms with Gasteiger partial charge in [-0.3, -0.25) is 4.79 Å². The van der Waals surface area contributed by atoms with Crippen LogP contribution in [0.1, 0.15) is 33.3 Å². The van der Waals surface area contributed by atoms with Crippen molar-refractivity contribution in [3.8, 4) is 0 Å². The van der Waals surface area contributed by atoms with Crippen LogP contribution in [0.2, 0.25) is 0 Å². The molecule has 0 saturated heterocycles. The molecule has 1 unspecified atom stereocenters. The molecule has 3 aromatic carbocycles. The number of Topliss-reactive ketones (excluding diaryl/α,β-unsaturated/α-hetero) is 1. The average Bonchev–Trinajstić information content (AvgIpc) is 2.76. The van der Waals surface area contributed by atoms with E-state index in [0.29, 0.717) is 0 Å². The van der Waals surface area contributed by atoms with Crippen molar-refractivity contribution < 1.29 is 18.3 Å². The van der Waals surface area contributed by atoms with Crippen molar-refractivity contribution >= 4 is 26.6 Å². The van der Waals surface area contributed by atoms with E-state index in [2.05, 4.69) is 4.72 Å². The SMILES string of the molecule is C[C@H](NS(=O)(=O)c1ccc2ccccc2c1)C(O)(C(=O)[C@@H](N)C(C)(C)C)c1ccccc1. The number of nitrogens with one attached hydrogen (secondary N) is 1. The predicted molar refractivity (Wildman–Crippen MR) is 127 cm³/mol. The highest BCUT2D eigenvalue weighted by Crippen LogP contribution is 2.32. The van der Waals surface area contributed by atoms with Crippen LogP contribution < -0.4 is 10.5 Å². The van der Waals surface area contributed by atoms with E-state index in [1.807, 2.05) is 24.3 Å². The molecule has 170 valence electrons. The van der Waals surface area contributed by atoms with Gasteiger partial charge in [-0.25, -0.2) is 13.1 Å². The van der Waals surface area contributed by atoms with Gasteiger partial charge >= 0.3 is 0 Å². The van der Waals surface area contributed by atoms with Crippen LogP contribution in [0.25, 0.3) is 10.8 Å². The maximum atomic E-state index is 13.4. The van der Waals surface area contributed by atoms with Gasteiger partial charge in [0, 0.05) is 0 Å². The van der Waals surface area contributed by atoms with Crippen LogP contribution in [-0.4, -0.2) is 31.4 Å². The Hall–Kier alpha value is -2.58. The summed E-state index contributed by atoms with van der Waals surface area (Å²) in [6, 6.07) is 18.3. The number of aliphatic hydroxyl groups is 1. The minimum Gasteiger partial charge on any atom is -0.376 e. The Morgan fingerprint density at radius 2 is 1.50 bits per heavy atom. The van der Waals surface area contributed by atoms with Gasteiger partial charge in [-0.15, -0.1) is 0 Å². The molecule has 0 saturated carbocycles. The van der Waals surface area contributed by atoms with E-state index < -0.39 is 38.9 Å². The van der Waals surface area contributed by atoms with E-state index in [9.17, 15) is 18.3 Å². The zero-order valence-electron chi connectivity index (χ0n) is 18.7. The molecule has 0 spiro atoms. The number of carbonyl (C=O) groups is 1. The summed E-state index contributed by atoms with van der Waals surface area (Å²) in [7, 11) is -4.04. The zero-order valence-corrected chi connectivity index (χ0v) is 19.6. The average molecular weight is 455 g/mol. The molecule has 0 radical (unpaired) electrons. The van der Waals surface area contributed by atoms with Crippen molar-refractivity contribution in [2.45, 2.75) is 50.3 Å². The molecule has 0 bridgehead atoms. The van der Waals surface area contributed by atoms with Gasteiger partial charge in [0.1, 0.15) is 0 Å². The minimum atomic E-state index is -4.04. The number of rotatable bonds is 7. The zero-order chi connectivity index (χ0) is 23.7. The lowest BCUT2D eigenvalue weighted by molar-refractivity contribution is -0.144. The molecule has 4 N–H and O–H groups in total. The first kappa shape index (κ1) is 24.1. The van der Waals surface area contributed by atoms with Crippen molar-refractivity contribution in [3.63, 3.8) is 0 Å². The van der Waals surface area contributed by atoms with Crippen LogP contribution in [0.5, 0.6) is 0 Å². The second kappa shape index (κ2) is 8.75. The van der Waals surface area contributed by atoms with Crippen LogP contribution in [0.3, 0.4) is 0 Å². The molecule has 0 heterocycles. The fourth-order valence-corrected chi connectivity index (χ4v) is 4.95. The third-order valence-corrected chi connectivity index (χ3v) is 7.33. The molecule has 6 nitrogen and oxygen atoms in total. The van der Waals surface area contributed by atoms with Crippen molar-refractivity contribution in [3.05, 3.63) is 78.4 Å². The van der Waals surface area contributed by atoms with E-state index in [-0.39, 0.29) is 10.5 Å². The summed E-state index contributed by atoms with van der Waals surface area (Å²) < 4.78 is 28.9. The molecule has 0 fully saturated rings. The third-order valence-electron chi connectivity index (χ3n) is 5.79. The fraction of sp³-hybridized carbons (Fsp3) is 0.320. The monoisotopic (exact) mass is 454 g/mol. The summed E-state index contributed by atoms with van der Waals surface area (Å²) in [6.45, 7) is 6.86. The second-order valence-electron chi connectivity index (χ2n) is 9.19. The highest BCUT2D eigenvalue weighted by atomic mass is 32.2. The normalized spacial score (nSPS) is 16.3. The maximum absolute atomic E-state index is 13.4. The number of benzene rings is 3. The Morgan fingerprint density at radius 3 is 2.09 bits per heavy atom. The summed E-state index contributed by atoms with van der Waals surface area (Å²) in [6.07, 6.45) is 0. The molecular weight excluding hydrogens is 424 g/mol. The molecule has 3 rings (SSSR count). The maximum Gasteiger partial charge on any atom is 0.240 e. The molecule has 3 atom stereocenters. The molecule has 7 heteroatoms. The van der Waals surface area contributed by atoms with Crippen molar-refractivity contribution in [2.24, 2.45) is 11.1 Å². The number of ketones is 1. The lowest BCUT2D eigenvalue weighted by atomic mass is 9.74. The van der Waals surface area contributed by atoms with E-state index in [1.165, 1.54) is 13.0 Å². The minimum absolute atomic E-state index is 0.0473. The van der Waals surface area contributed by atoms with Gasteiger partial charge in [0.2, 0.25) is 10.0 Å². The number of carbonyl (C=O) groups excluding carboxylic acids is 1. The summed E-state index contributed by atoms with van der Waals surface area (Å²) >= 11 is 0. The molecule has 0 aromatic heterocycles. The Morgan fingerprint density at radius 1 is 0.938 bits per heavy atom. The fourth-order valence-electron chi connectivity index (χ4n) is 3.65. The van der Waals surface area contributed by atoms with Gasteiger partial charge in [-0.05, 0) is 40.8 Å². The summed E-state index contributed by atoms with van der Waals surface area (Å²) in [5, 5.41) is 13.4. The number of sulfonamides is 1. The summed E-state index contributed by atoms with van der Waals surface area (Å²) in [5.74, 6) is -0.648. The molecule has 0 amide bonds. The van der Waals surface area contributed by atoms with Crippen LogP contribution in [0.4, 0.5) is 0 Å². The van der Waals surface area contributed by atoms with Gasteiger partial charge in [-0.2, -0.15) is 0 Å². The molecular formula is C25H30N2O4S. The number of hydrogen-bond acceptors (Lipinski definition) is 5. The quantitative estimate of drug-likeness (QED) is 0.507. The van der Waals surface area contributed by atoms with Crippen molar-refractivity contribution in [2.75, 3.05) is 0 Å². The number of nitrogens with two attached hydrogens (primary N) is 1. The van der Waals surface area contributed by atoms with E-state index in [1.54, 1.807) is 63.2 Å². The van der Waals surface area contributed by atoms with Gasteiger partial charge in [0.05, 0.1) is 17.0 Å². The smallest absolute Gasteiger partial charge is 0.240 e. The summed E-state index contributed by atoms with van der Waals surface area (Å²) in [4.78, 5) is 13.5. The van der Waals surface area contributed by atoms with Crippen LogP contribution >= 0.6 is 0 Å². The Kier molecular flexibility index (Phi) is 6.58. The van der Waals surface area contributed by atoms with Crippen LogP contribution in [-0.2, 0) is 20.4 Å². The van der Waals surface area contributed by atoms with E-state index >= 15 is 0 Å². The highest BCUT2D eigenvalue weighted by molar-refractivity contribution is 7.89. The van der Waals surface area contributed by atoms with Crippen molar-refractivity contribution in [1.82, 2.24) is 4.72 Å². The molecule has 0 aliphatic carbocycles. The van der Waals surface area contributed by atoms with Gasteiger partial charge in [0.15, 0.2) is 11.4 Å². The Bertz CT molecular complexity index is 1220. The van der Waals surface area contributed by atoms with E-state index in [4.69, 9.17) is 5.73 Å². The van der Waals surface area contributed by atoms with Gasteiger partial charge < -0.3 is 10.8 Å². The molecule has 0 aliphatic heterocycles. The van der Waals surface area contributed by atoms with Crippen LogP contribution in [0.15, 0.2) is 77.7 Å². The first-order chi connectivity index (χ1) is 14.9. The number of hydrogen-bond donors (Lipinski definition) is 3. The molecule has 32 heavy (non-hydrogen) atoms. The van der Waals surface area contributed by atoms with Gasteiger partial charge in [-0.1, -0.05) is 81.4 Å². The third kappa shape index (κ3) is 4.61. The molecule has 3 aromatic rings.